The monoisotopic (exact) mass is 193 g/mol. The van der Waals surface area contributed by atoms with Gasteiger partial charge in [0, 0.05) is 12.4 Å². The van der Waals surface area contributed by atoms with Gasteiger partial charge in [0.25, 0.3) is 0 Å². The highest BCUT2D eigenvalue weighted by molar-refractivity contribution is 5.91. The number of carbonyl (C=O) groups excluding carboxylic acids is 1. The molecule has 1 aromatic rings. The van der Waals surface area contributed by atoms with Crippen LogP contribution in [-0.2, 0) is 4.74 Å². The molecule has 1 saturated carbocycles. The van der Waals surface area contributed by atoms with E-state index in [9.17, 15) is 4.79 Å². The lowest BCUT2D eigenvalue weighted by molar-refractivity contribution is 0.00846. The van der Waals surface area contributed by atoms with Crippen molar-refractivity contribution < 1.29 is 9.53 Å². The Hall–Kier alpha value is -1.65. The molecule has 0 amide bonds. The minimum Gasteiger partial charge on any atom is -0.458 e. The summed E-state index contributed by atoms with van der Waals surface area (Å²) in [4.78, 5) is 19.1. The second-order valence-electron chi connectivity index (χ2n) is 3.25. The van der Waals surface area contributed by atoms with Crippen LogP contribution in [0.2, 0.25) is 0 Å². The van der Waals surface area contributed by atoms with Crippen LogP contribution in [0.25, 0.3) is 0 Å². The molecule has 0 aliphatic heterocycles. The van der Waals surface area contributed by atoms with Crippen molar-refractivity contribution in [3.63, 3.8) is 0 Å². The summed E-state index contributed by atoms with van der Waals surface area (Å²) in [5.74, 6) is -0.350. The highest BCUT2D eigenvalue weighted by Crippen LogP contribution is 2.23. The molecule has 0 saturated heterocycles. The number of hydrogen-bond donors (Lipinski definition) is 1. The van der Waals surface area contributed by atoms with E-state index in [-0.39, 0.29) is 17.6 Å². The topological polar surface area (TPSA) is 78.1 Å². The molecule has 2 rings (SSSR count). The molecule has 1 aromatic heterocycles. The number of anilines is 1. The van der Waals surface area contributed by atoms with Crippen molar-refractivity contribution in [2.24, 2.45) is 0 Å². The van der Waals surface area contributed by atoms with E-state index in [2.05, 4.69) is 9.97 Å². The van der Waals surface area contributed by atoms with Crippen LogP contribution in [-0.4, -0.2) is 22.0 Å². The zero-order valence-electron chi connectivity index (χ0n) is 7.64. The number of hydrogen-bond acceptors (Lipinski definition) is 5. The molecule has 0 atom stereocenters. The Morgan fingerprint density at radius 2 is 2.14 bits per heavy atom. The molecule has 1 aliphatic carbocycles. The van der Waals surface area contributed by atoms with Gasteiger partial charge in [0.05, 0.1) is 0 Å². The SMILES string of the molecule is Nc1nccnc1C(=O)OC1CCC1. The summed E-state index contributed by atoms with van der Waals surface area (Å²) in [5.41, 5.74) is 5.59. The van der Waals surface area contributed by atoms with Crippen LogP contribution in [0, 0.1) is 0 Å². The number of rotatable bonds is 2. The van der Waals surface area contributed by atoms with Crippen molar-refractivity contribution in [3.8, 4) is 0 Å². The maximum Gasteiger partial charge on any atom is 0.361 e. The summed E-state index contributed by atoms with van der Waals surface area (Å²) in [6.07, 6.45) is 5.90. The van der Waals surface area contributed by atoms with E-state index in [1.807, 2.05) is 0 Å². The minimum atomic E-state index is -0.472. The fourth-order valence-corrected chi connectivity index (χ4v) is 1.20. The lowest BCUT2D eigenvalue weighted by Crippen LogP contribution is -2.26. The zero-order valence-corrected chi connectivity index (χ0v) is 7.64. The van der Waals surface area contributed by atoms with Gasteiger partial charge in [-0.1, -0.05) is 0 Å². The molecule has 74 valence electrons. The molecular weight excluding hydrogens is 182 g/mol. The molecule has 1 fully saturated rings. The number of nitrogens with zero attached hydrogens (tertiary/aromatic N) is 2. The van der Waals surface area contributed by atoms with Crippen molar-refractivity contribution >= 4 is 11.8 Å². The number of ether oxygens (including phenoxy) is 1. The van der Waals surface area contributed by atoms with E-state index in [1.165, 1.54) is 12.4 Å². The number of nitrogens with two attached hydrogens (primary N) is 1. The number of esters is 1. The first-order chi connectivity index (χ1) is 6.77. The first-order valence-corrected chi connectivity index (χ1v) is 4.55. The molecule has 0 unspecified atom stereocenters. The fourth-order valence-electron chi connectivity index (χ4n) is 1.20. The van der Waals surface area contributed by atoms with Gasteiger partial charge in [-0.15, -0.1) is 0 Å². The van der Waals surface area contributed by atoms with Gasteiger partial charge in [-0.3, -0.25) is 0 Å². The lowest BCUT2D eigenvalue weighted by Gasteiger charge is -2.24. The van der Waals surface area contributed by atoms with Gasteiger partial charge in [-0.05, 0) is 19.3 Å². The lowest BCUT2D eigenvalue weighted by atomic mass is 9.96. The van der Waals surface area contributed by atoms with Crippen LogP contribution in [0.5, 0.6) is 0 Å². The van der Waals surface area contributed by atoms with Gasteiger partial charge in [-0.2, -0.15) is 0 Å². The molecule has 2 N–H and O–H groups in total. The van der Waals surface area contributed by atoms with Gasteiger partial charge in [0.15, 0.2) is 11.5 Å². The molecule has 0 bridgehead atoms. The van der Waals surface area contributed by atoms with Crippen molar-refractivity contribution in [2.75, 3.05) is 5.73 Å². The second kappa shape index (κ2) is 3.61. The van der Waals surface area contributed by atoms with Gasteiger partial charge >= 0.3 is 5.97 Å². The first-order valence-electron chi connectivity index (χ1n) is 4.55. The second-order valence-corrected chi connectivity index (χ2v) is 3.25. The molecule has 14 heavy (non-hydrogen) atoms. The van der Waals surface area contributed by atoms with Crippen LogP contribution >= 0.6 is 0 Å². The molecule has 5 heteroatoms. The van der Waals surface area contributed by atoms with Gasteiger partial charge in [0.2, 0.25) is 0 Å². The molecule has 0 spiro atoms. The number of carbonyl (C=O) groups is 1. The third-order valence-electron chi connectivity index (χ3n) is 2.25. The molecule has 0 aromatic carbocycles. The normalized spacial score (nSPS) is 16.0. The Balaban J connectivity index is 2.06. The van der Waals surface area contributed by atoms with E-state index >= 15 is 0 Å². The average molecular weight is 193 g/mol. The maximum atomic E-state index is 11.5. The molecule has 1 heterocycles. The largest absolute Gasteiger partial charge is 0.458 e. The third kappa shape index (κ3) is 1.66. The molecule has 0 radical (unpaired) electrons. The zero-order chi connectivity index (χ0) is 9.97. The summed E-state index contributed by atoms with van der Waals surface area (Å²) < 4.78 is 5.13. The Labute approximate surface area is 81.3 Å². The Morgan fingerprint density at radius 3 is 2.71 bits per heavy atom. The van der Waals surface area contributed by atoms with Gasteiger partial charge in [0.1, 0.15) is 6.10 Å². The maximum absolute atomic E-state index is 11.5. The van der Waals surface area contributed by atoms with Crippen LogP contribution in [0.15, 0.2) is 12.4 Å². The van der Waals surface area contributed by atoms with Crippen molar-refractivity contribution in [1.29, 1.82) is 0 Å². The van der Waals surface area contributed by atoms with Crippen molar-refractivity contribution in [1.82, 2.24) is 9.97 Å². The van der Waals surface area contributed by atoms with E-state index in [4.69, 9.17) is 10.5 Å². The van der Waals surface area contributed by atoms with Crippen LogP contribution in [0.1, 0.15) is 29.8 Å². The Kier molecular flexibility index (Phi) is 2.30. The van der Waals surface area contributed by atoms with E-state index < -0.39 is 5.97 Å². The number of aromatic nitrogens is 2. The Bertz CT molecular complexity index is 350. The molecule has 1 aliphatic rings. The minimum absolute atomic E-state index is 0.0453. The highest BCUT2D eigenvalue weighted by Gasteiger charge is 2.24. The van der Waals surface area contributed by atoms with E-state index in [0.29, 0.717) is 0 Å². The van der Waals surface area contributed by atoms with Crippen LogP contribution < -0.4 is 5.73 Å². The molecular formula is C9H11N3O2. The van der Waals surface area contributed by atoms with Gasteiger partial charge in [-0.25, -0.2) is 14.8 Å². The first kappa shape index (κ1) is 8.93. The van der Waals surface area contributed by atoms with E-state index in [0.717, 1.165) is 19.3 Å². The molecule has 5 nitrogen and oxygen atoms in total. The quantitative estimate of drug-likeness (QED) is 0.702. The Morgan fingerprint density at radius 1 is 1.43 bits per heavy atom. The predicted molar refractivity (Wildman–Crippen MR) is 49.5 cm³/mol. The fraction of sp³-hybridized carbons (Fsp3) is 0.444. The summed E-state index contributed by atoms with van der Waals surface area (Å²) in [7, 11) is 0. The van der Waals surface area contributed by atoms with E-state index in [1.54, 1.807) is 0 Å². The van der Waals surface area contributed by atoms with Crippen LogP contribution in [0.3, 0.4) is 0 Å². The average Bonchev–Trinajstić information content (AvgIpc) is 2.12. The summed E-state index contributed by atoms with van der Waals surface area (Å²) in [5, 5.41) is 0. The summed E-state index contributed by atoms with van der Waals surface area (Å²) in [6, 6.07) is 0. The smallest absolute Gasteiger partial charge is 0.361 e. The predicted octanol–water partition coefficient (Wildman–Crippen LogP) is 0.768. The standard InChI is InChI=1S/C9H11N3O2/c10-8-7(11-4-5-12-8)9(13)14-6-2-1-3-6/h4-6H,1-3H2,(H2,10,12). The third-order valence-corrected chi connectivity index (χ3v) is 2.25. The van der Waals surface area contributed by atoms with Gasteiger partial charge < -0.3 is 10.5 Å². The van der Waals surface area contributed by atoms with Crippen molar-refractivity contribution in [3.05, 3.63) is 18.1 Å². The highest BCUT2D eigenvalue weighted by atomic mass is 16.5. The van der Waals surface area contributed by atoms with Crippen LogP contribution in [0.4, 0.5) is 5.82 Å². The van der Waals surface area contributed by atoms with Crippen molar-refractivity contribution in [2.45, 2.75) is 25.4 Å². The number of nitrogen functional groups attached to an aromatic ring is 1. The summed E-state index contributed by atoms with van der Waals surface area (Å²) >= 11 is 0. The summed E-state index contributed by atoms with van der Waals surface area (Å²) in [6.45, 7) is 0.